The van der Waals surface area contributed by atoms with E-state index in [0.29, 0.717) is 37.1 Å². The van der Waals surface area contributed by atoms with Crippen molar-refractivity contribution in [1.29, 1.82) is 0 Å². The molecule has 0 bridgehead atoms. The molecule has 0 aliphatic heterocycles. The number of nitro groups is 1. The zero-order chi connectivity index (χ0) is 54.8. The fourth-order valence-electron chi connectivity index (χ4n) is 8.96. The number of nitrogens with zero attached hydrogens (tertiary/aromatic N) is 1. The van der Waals surface area contributed by atoms with Crippen LogP contribution in [0, 0.1) is 10.1 Å². The standard InChI is InChI=1S/C22H36O4.C21H36O3.C20H33NO4/c1-3-4-5-6-7-8-9-10-11-12-13-14-18-26-20-17-15-16-19(23)21(20)22(24)25-2;1-3-4-5-6-7-8-9-10-11-12-13-14-18-24-20-17-15-16-19(22)21(20)23-2;1-2-3-4-5-6-7-8-9-10-11-12-13-17-25-19-16-14-15-18(22)20(19)21(23)24/h15-17,23H,3-14,18H2,1-2H3;15-17,22H,3-14,18H2,1-2H3;14-16,22H,2-13,17H2,1H3. The third kappa shape index (κ3) is 35.2. The summed E-state index contributed by atoms with van der Waals surface area (Å²) in [6.45, 7) is 8.44. The van der Waals surface area contributed by atoms with Gasteiger partial charge in [-0.25, -0.2) is 4.79 Å². The second-order valence-corrected chi connectivity index (χ2v) is 20.0. The lowest BCUT2D eigenvalue weighted by Crippen LogP contribution is -2.07. The van der Waals surface area contributed by atoms with E-state index in [0.717, 1.165) is 32.1 Å². The van der Waals surface area contributed by atoms with E-state index in [1.165, 1.54) is 224 Å². The molecule has 0 saturated carbocycles. The molecule has 3 aromatic carbocycles. The lowest BCUT2D eigenvalue weighted by atomic mass is 10.1. The maximum absolute atomic E-state index is 11.7. The number of ether oxygens (including phenoxy) is 5. The van der Waals surface area contributed by atoms with Crippen LogP contribution in [0.25, 0.3) is 0 Å². The summed E-state index contributed by atoms with van der Waals surface area (Å²) in [5.41, 5.74) is -0.240. The Balaban J connectivity index is 0.000000563. The molecule has 3 aromatic rings. The van der Waals surface area contributed by atoms with Crippen LogP contribution in [-0.4, -0.2) is 60.3 Å². The number of unbranched alkanes of at least 4 members (excludes halogenated alkanes) is 33. The minimum Gasteiger partial charge on any atom is -0.507 e. The largest absolute Gasteiger partial charge is 0.507 e. The maximum Gasteiger partial charge on any atom is 0.352 e. The fraction of sp³-hybridized carbons (Fsp3) is 0.698. The Labute approximate surface area is 455 Å². The quantitative estimate of drug-likeness (QED) is 0.0213. The number of hydrogen-bond acceptors (Lipinski definition) is 11. The Morgan fingerprint density at radius 1 is 0.413 bits per heavy atom. The summed E-state index contributed by atoms with van der Waals surface area (Å²) in [6, 6.07) is 14.4. The fourth-order valence-corrected chi connectivity index (χ4v) is 8.96. The molecule has 12 heteroatoms. The molecule has 0 radical (unpaired) electrons. The number of phenols is 3. The average Bonchev–Trinajstić information content (AvgIpc) is 3.40. The molecule has 0 unspecified atom stereocenters. The molecule has 0 spiro atoms. The number of nitro benzene ring substituents is 1. The summed E-state index contributed by atoms with van der Waals surface area (Å²) in [5.74, 6) is 0.684. The second kappa shape index (κ2) is 48.8. The van der Waals surface area contributed by atoms with Crippen LogP contribution in [0.2, 0.25) is 0 Å². The van der Waals surface area contributed by atoms with Gasteiger partial charge in [0, 0.05) is 0 Å². The van der Waals surface area contributed by atoms with Crippen LogP contribution in [0.1, 0.15) is 262 Å². The van der Waals surface area contributed by atoms with Gasteiger partial charge < -0.3 is 39.0 Å². The minimum absolute atomic E-state index is 0.105. The number of aromatic hydroxyl groups is 3. The number of methoxy groups -OCH3 is 2. The topological polar surface area (TPSA) is 167 Å². The molecule has 428 valence electrons. The second-order valence-electron chi connectivity index (χ2n) is 20.0. The van der Waals surface area contributed by atoms with E-state index >= 15 is 0 Å². The van der Waals surface area contributed by atoms with Crippen LogP contribution in [0.5, 0.6) is 40.2 Å². The molecule has 0 amide bonds. The van der Waals surface area contributed by atoms with Crippen molar-refractivity contribution in [3.63, 3.8) is 0 Å². The van der Waals surface area contributed by atoms with Crippen molar-refractivity contribution in [1.82, 2.24) is 0 Å². The first-order valence-corrected chi connectivity index (χ1v) is 29.8. The van der Waals surface area contributed by atoms with Gasteiger partial charge in [0.25, 0.3) is 0 Å². The van der Waals surface area contributed by atoms with Crippen LogP contribution < -0.4 is 18.9 Å². The van der Waals surface area contributed by atoms with E-state index in [9.17, 15) is 30.2 Å². The highest BCUT2D eigenvalue weighted by molar-refractivity contribution is 5.95. The predicted molar refractivity (Wildman–Crippen MR) is 309 cm³/mol. The van der Waals surface area contributed by atoms with Crippen LogP contribution >= 0.6 is 0 Å². The summed E-state index contributed by atoms with van der Waals surface area (Å²) in [5, 5.41) is 40.0. The third-order valence-corrected chi connectivity index (χ3v) is 13.5. The molecule has 0 aliphatic carbocycles. The monoisotopic (exact) mass is 1050 g/mol. The van der Waals surface area contributed by atoms with Gasteiger partial charge >= 0.3 is 11.7 Å². The van der Waals surface area contributed by atoms with Gasteiger partial charge in [0.1, 0.15) is 17.1 Å². The molecular formula is C63H105NO11. The molecule has 0 saturated heterocycles. The summed E-state index contributed by atoms with van der Waals surface area (Å²) < 4.78 is 26.7. The maximum atomic E-state index is 11.7. The van der Waals surface area contributed by atoms with Gasteiger partial charge in [-0.05, 0) is 55.7 Å². The minimum atomic E-state index is -0.604. The van der Waals surface area contributed by atoms with Crippen molar-refractivity contribution in [2.24, 2.45) is 0 Å². The Hall–Kier alpha value is -4.87. The first-order valence-electron chi connectivity index (χ1n) is 29.8. The summed E-state index contributed by atoms with van der Waals surface area (Å²) >= 11 is 0. The van der Waals surface area contributed by atoms with E-state index in [-0.39, 0.29) is 34.2 Å². The molecule has 0 aromatic heterocycles. The van der Waals surface area contributed by atoms with E-state index < -0.39 is 10.9 Å². The summed E-state index contributed by atoms with van der Waals surface area (Å²) in [4.78, 5) is 22.1. The molecule has 0 aliphatic rings. The van der Waals surface area contributed by atoms with Crippen molar-refractivity contribution in [3.05, 3.63) is 70.3 Å². The van der Waals surface area contributed by atoms with Crippen molar-refractivity contribution >= 4 is 11.7 Å². The van der Waals surface area contributed by atoms with E-state index in [2.05, 4.69) is 20.8 Å². The zero-order valence-corrected chi connectivity index (χ0v) is 47.8. The molecule has 0 heterocycles. The number of carbonyl (C=O) groups excluding carboxylic acids is 1. The highest BCUT2D eigenvalue weighted by atomic mass is 16.6. The lowest BCUT2D eigenvalue weighted by molar-refractivity contribution is -0.386. The number of hydrogen-bond donors (Lipinski definition) is 3. The van der Waals surface area contributed by atoms with Crippen LogP contribution in [0.15, 0.2) is 54.6 Å². The number of benzene rings is 3. The van der Waals surface area contributed by atoms with Crippen molar-refractivity contribution in [2.45, 2.75) is 252 Å². The normalized spacial score (nSPS) is 10.7. The number of esters is 1. The Kier molecular flexibility index (Phi) is 44.3. The van der Waals surface area contributed by atoms with Crippen LogP contribution in [0.3, 0.4) is 0 Å². The van der Waals surface area contributed by atoms with E-state index in [4.69, 9.17) is 23.7 Å². The third-order valence-electron chi connectivity index (χ3n) is 13.5. The Bertz CT molecular complexity index is 1820. The first-order chi connectivity index (χ1) is 36.7. The number of phenolic OH excluding ortho intramolecular Hbond substituents is 3. The van der Waals surface area contributed by atoms with E-state index in [1.807, 2.05) is 6.07 Å². The average molecular weight is 1050 g/mol. The molecule has 75 heavy (non-hydrogen) atoms. The summed E-state index contributed by atoms with van der Waals surface area (Å²) in [6.07, 6.45) is 46.8. The van der Waals surface area contributed by atoms with Gasteiger partial charge in [-0.15, -0.1) is 0 Å². The lowest BCUT2D eigenvalue weighted by Gasteiger charge is -2.11. The SMILES string of the molecule is CCCCCCCCCCCCCCOc1cccc(O)c1C(=O)OC.CCCCCCCCCCCCCCOc1cccc(O)c1OC.CCCCCCCCCCCCCCOc1cccc(O)c1[N+](=O)[O-]. The number of para-hydroxylation sites is 2. The molecule has 3 N–H and O–H groups in total. The van der Waals surface area contributed by atoms with Crippen LogP contribution in [-0.2, 0) is 4.74 Å². The smallest absolute Gasteiger partial charge is 0.352 e. The summed E-state index contributed by atoms with van der Waals surface area (Å²) in [7, 11) is 2.84. The van der Waals surface area contributed by atoms with Crippen LogP contribution in [0.4, 0.5) is 5.69 Å². The van der Waals surface area contributed by atoms with E-state index in [1.54, 1.807) is 37.4 Å². The number of carbonyl (C=O) groups is 1. The highest BCUT2D eigenvalue weighted by Gasteiger charge is 2.21. The van der Waals surface area contributed by atoms with Crippen molar-refractivity contribution in [3.8, 4) is 40.2 Å². The van der Waals surface area contributed by atoms with Gasteiger partial charge in [0.05, 0.1) is 39.0 Å². The highest BCUT2D eigenvalue weighted by Crippen LogP contribution is 2.37. The van der Waals surface area contributed by atoms with Gasteiger partial charge in [-0.2, -0.15) is 0 Å². The zero-order valence-electron chi connectivity index (χ0n) is 47.8. The number of rotatable bonds is 45. The molecular weight excluding hydrogens is 947 g/mol. The van der Waals surface area contributed by atoms with Crippen molar-refractivity contribution < 1.29 is 48.7 Å². The molecule has 3 rings (SSSR count). The first kappa shape index (κ1) is 68.1. The molecule has 12 nitrogen and oxygen atoms in total. The predicted octanol–water partition coefficient (Wildman–Crippen LogP) is 19.1. The van der Waals surface area contributed by atoms with Crippen molar-refractivity contribution in [2.75, 3.05) is 34.0 Å². The van der Waals surface area contributed by atoms with Gasteiger partial charge in [0.15, 0.2) is 17.2 Å². The van der Waals surface area contributed by atoms with Gasteiger partial charge in [0.2, 0.25) is 11.5 Å². The van der Waals surface area contributed by atoms with Gasteiger partial charge in [-0.3, -0.25) is 10.1 Å². The Morgan fingerprint density at radius 3 is 1.05 bits per heavy atom. The Morgan fingerprint density at radius 2 is 0.707 bits per heavy atom. The molecule has 0 fully saturated rings. The molecule has 0 atom stereocenters. The van der Waals surface area contributed by atoms with Gasteiger partial charge in [-0.1, -0.05) is 251 Å².